The smallest absolute Gasteiger partial charge is 0.329 e. The Morgan fingerprint density at radius 3 is 0.607 bits per heavy atom. The van der Waals surface area contributed by atoms with Gasteiger partial charge in [0, 0.05) is 37.6 Å². The highest BCUT2D eigenvalue weighted by atomic mass is 35.6. The van der Waals surface area contributed by atoms with Crippen LogP contribution in [0.2, 0.25) is 111 Å². The molecule has 0 aliphatic heterocycles. The van der Waals surface area contributed by atoms with Gasteiger partial charge in [-0.25, -0.2) is 0 Å². The highest BCUT2D eigenvalue weighted by molar-refractivity contribution is 7.25. The Hall–Kier alpha value is 1.77. The first-order chi connectivity index (χ1) is 29.2. The van der Waals surface area contributed by atoms with Crippen LogP contribution in [0.15, 0.2) is 74.4 Å². The van der Waals surface area contributed by atoms with Crippen molar-refractivity contribution in [2.45, 2.75) is 294 Å². The molecule has 0 aliphatic rings. The van der Waals surface area contributed by atoms with Crippen LogP contribution in [0.1, 0.15) is 183 Å². The van der Waals surface area contributed by atoms with E-state index in [0.717, 1.165) is 19.3 Å². The molecule has 0 aromatic carbocycles. The molecule has 11 nitrogen and oxygen atoms in total. The van der Waals surface area contributed by atoms with Gasteiger partial charge >= 0.3 is 17.1 Å². The summed E-state index contributed by atoms with van der Waals surface area (Å²) in [7, 11) is -15.6. The number of hydrogen-bond donors (Lipinski definition) is 7. The lowest BCUT2D eigenvalue weighted by Gasteiger charge is -2.23. The SMILES string of the molecule is C.C.C.C.C.C.C.C.C.C.C.C.C.C.C.C.C.C.C.C.C.C.C=CC(CO)C/C=C/CO.C=CC(CO)C/C=C/CO[Si](C)(C)Cl.C=CC(CO)C/C=C/CO[Si](C)(C)O.C[Si](C)(C)Cl.C[Si](C)(Cl)O[Si](C)(C)Cl.C[Si](C)(Cl)O[Si](C)(C)Cl.C[Si](C)(O)O.Cl. The Labute approximate surface area is 614 Å². The van der Waals surface area contributed by atoms with Crippen LogP contribution >= 0.6 is 78.9 Å². The molecule has 0 saturated carbocycles. The summed E-state index contributed by atoms with van der Waals surface area (Å²) < 4.78 is 21.5. The van der Waals surface area contributed by atoms with Crippen molar-refractivity contribution >= 4 is 142 Å². The maximum Gasteiger partial charge on any atom is 0.329 e. The molecule has 0 aromatic heterocycles. The first-order valence-electron chi connectivity index (χ1n) is 21.5. The standard InChI is InChI=1S/C10H19ClO2Si.C10H20O3Si.C8H14O2.2C4H12Cl2OSi2.C3H9ClSi.C2H8O2Si.22CH4.ClH/c1-4-10(9-12)7-5-6-8-13-14(2,3)11;1-4-10(9-11)7-5-6-8-13-14(2,3)12;1-2-8(7-10)5-3-4-6-9;2*1-8(2,5)7-9(3,4)6;2*1-5(2,3)4;;;;;;;;;;;;;;;;;;;;;;;/h4-6,10,12H,1,7-9H2,2-3H3;4-6,10-12H,1,7-9H2,2-3H3;2-4,8-10H,1,5-7H2;2*1-4H3;1-3H3;3-4H,1-2H3;22*1H4;1H/b2*6-5+;4-3+;;;;;;;;;;;;;;;;;;;;;;;;;;;. The lowest BCUT2D eigenvalue weighted by atomic mass is 10.1. The van der Waals surface area contributed by atoms with Crippen molar-refractivity contribution in [1.82, 2.24) is 0 Å². The third kappa shape index (κ3) is 291. The maximum atomic E-state index is 9.35. The molecular formula is C63H183Cl7O11Si8. The average Bonchev–Trinajstić information content (AvgIpc) is 3.05. The Morgan fingerprint density at radius 1 is 0.326 bits per heavy atom. The number of hydrogen-bond acceptors (Lipinski definition) is 11. The van der Waals surface area contributed by atoms with Gasteiger partial charge in [0.2, 0.25) is 0 Å². The monoisotopic (exact) mass is 1580 g/mol. The van der Waals surface area contributed by atoms with Gasteiger partial charge in [-0.3, -0.25) is 0 Å². The third-order valence-corrected chi connectivity index (χ3v) is 18.2. The largest absolute Gasteiger partial charge is 0.433 e. The second-order valence-electron chi connectivity index (χ2n) is 18.5. The molecule has 0 spiro atoms. The zero-order valence-corrected chi connectivity index (χ0v) is 57.2. The minimum atomic E-state index is -2.61. The van der Waals surface area contributed by atoms with E-state index in [9.17, 15) is 4.80 Å². The van der Waals surface area contributed by atoms with Crippen molar-refractivity contribution < 1.29 is 51.9 Å². The fourth-order valence-electron chi connectivity index (χ4n) is 3.41. The lowest BCUT2D eigenvalue weighted by Crippen LogP contribution is -2.36. The Balaban J connectivity index is -0.0000000159. The molecule has 26 heteroatoms. The zero-order valence-electron chi connectivity index (χ0n) is 43.9. The van der Waals surface area contributed by atoms with Crippen molar-refractivity contribution in [3.8, 4) is 0 Å². The molecule has 0 rings (SSSR count). The number of rotatable bonds is 23. The quantitative estimate of drug-likeness (QED) is 0.0294. The van der Waals surface area contributed by atoms with E-state index in [2.05, 4.69) is 39.4 Å². The van der Waals surface area contributed by atoms with Crippen molar-refractivity contribution in [2.75, 3.05) is 39.6 Å². The first kappa shape index (κ1) is 198. The minimum Gasteiger partial charge on any atom is -0.433 e. The lowest BCUT2D eigenvalue weighted by molar-refractivity contribution is 0.253. The van der Waals surface area contributed by atoms with Crippen LogP contribution in [0, 0.1) is 17.8 Å². The molecule has 89 heavy (non-hydrogen) atoms. The Bertz CT molecular complexity index is 1140. The van der Waals surface area contributed by atoms with E-state index in [1.165, 1.54) is 13.1 Å². The molecule has 3 atom stereocenters. The fraction of sp³-hybridized carbons (Fsp3) is 0.810. The van der Waals surface area contributed by atoms with Gasteiger partial charge < -0.3 is 51.9 Å². The Morgan fingerprint density at radius 2 is 0.494 bits per heavy atom. The molecule has 0 aromatic rings. The molecule has 7 N–H and O–H groups in total. The number of allylic oxidation sites excluding steroid dienone is 3. The summed E-state index contributed by atoms with van der Waals surface area (Å²) in [5, 5.41) is 34.7. The van der Waals surface area contributed by atoms with Crippen molar-refractivity contribution in [3.63, 3.8) is 0 Å². The van der Waals surface area contributed by atoms with Crippen LogP contribution in [0.4, 0.5) is 0 Å². The fourth-order valence-corrected chi connectivity index (χ4v) is 21.5. The summed E-state index contributed by atoms with van der Waals surface area (Å²) in [6.45, 7) is 44.1. The van der Waals surface area contributed by atoms with Gasteiger partial charge in [0.05, 0.1) is 19.8 Å². The topological polar surface area (TPSA) is 179 Å². The summed E-state index contributed by atoms with van der Waals surface area (Å²) in [4.78, 5) is 25.8. The maximum absolute atomic E-state index is 9.35. The van der Waals surface area contributed by atoms with Crippen LogP contribution in [-0.4, -0.2) is 137 Å². The van der Waals surface area contributed by atoms with Crippen LogP contribution in [0.5, 0.6) is 0 Å². The first-order valence-corrected chi connectivity index (χ1v) is 51.4. The summed E-state index contributed by atoms with van der Waals surface area (Å²) >= 11 is 35.2. The highest BCUT2D eigenvalue weighted by Crippen LogP contribution is 2.21. The third-order valence-electron chi connectivity index (χ3n) is 5.65. The van der Waals surface area contributed by atoms with Crippen molar-refractivity contribution in [2.24, 2.45) is 17.8 Å². The Kier molecular flexibility index (Phi) is 241. The number of aliphatic hydroxyl groups is 4. The summed E-state index contributed by atoms with van der Waals surface area (Å²) in [5.41, 5.74) is 0. The molecule has 0 amide bonds. The second-order valence-corrected chi connectivity index (χ2v) is 61.4. The molecule has 0 heterocycles. The average molecular weight is 1590 g/mol. The molecule has 3 unspecified atom stereocenters. The van der Waals surface area contributed by atoms with Gasteiger partial charge in [0.15, 0.2) is 0 Å². The van der Waals surface area contributed by atoms with E-state index in [4.69, 9.17) is 114 Å². The normalized spacial score (nSPS) is 10.3. The molecule has 0 fully saturated rings. The van der Waals surface area contributed by atoms with E-state index in [0.29, 0.717) is 13.2 Å². The van der Waals surface area contributed by atoms with Gasteiger partial charge in [-0.2, -0.15) is 11.1 Å². The molecule has 0 aliphatic carbocycles. The second kappa shape index (κ2) is 108. The zero-order chi connectivity index (χ0) is 54.3. The predicted octanol–water partition coefficient (Wildman–Crippen LogP) is 26.8. The van der Waals surface area contributed by atoms with Crippen LogP contribution in [-0.2, 0) is 17.1 Å². The summed E-state index contributed by atoms with van der Waals surface area (Å²) in [5.74, 6) is 0.390. The van der Waals surface area contributed by atoms with E-state index in [1.54, 1.807) is 37.4 Å². The van der Waals surface area contributed by atoms with Gasteiger partial charge in [-0.1, -0.05) is 238 Å². The van der Waals surface area contributed by atoms with E-state index >= 15 is 0 Å². The van der Waals surface area contributed by atoms with Crippen LogP contribution < -0.4 is 0 Å². The molecule has 0 radical (unpaired) electrons. The summed E-state index contributed by atoms with van der Waals surface area (Å²) in [6, 6.07) is 0. The number of halogens is 7. The van der Waals surface area contributed by atoms with Gasteiger partial charge in [-0.05, 0) is 111 Å². The van der Waals surface area contributed by atoms with Crippen molar-refractivity contribution in [1.29, 1.82) is 0 Å². The molecular weight excluding hydrogens is 1410 g/mol. The van der Waals surface area contributed by atoms with Gasteiger partial charge in [-0.15, -0.1) is 87.5 Å². The summed E-state index contributed by atoms with van der Waals surface area (Å²) in [6.07, 6.45) is 18.7. The van der Waals surface area contributed by atoms with E-state index in [-0.39, 0.29) is 220 Å². The minimum absolute atomic E-state index is 0. The van der Waals surface area contributed by atoms with E-state index in [1.807, 2.05) is 95.9 Å². The predicted molar refractivity (Wildman–Crippen MR) is 468 cm³/mol. The molecule has 0 bridgehead atoms. The highest BCUT2D eigenvalue weighted by Gasteiger charge is 2.30. The van der Waals surface area contributed by atoms with E-state index < -0.39 is 62.6 Å². The molecule has 0 saturated heterocycles. The van der Waals surface area contributed by atoms with Gasteiger partial charge in [0.1, 0.15) is 7.38 Å². The number of aliphatic hydroxyl groups excluding tert-OH is 4. The van der Waals surface area contributed by atoms with Crippen LogP contribution in [0.3, 0.4) is 0 Å². The van der Waals surface area contributed by atoms with Gasteiger partial charge in [0.25, 0.3) is 38.1 Å². The van der Waals surface area contributed by atoms with Crippen molar-refractivity contribution in [3.05, 3.63) is 74.4 Å². The molecule has 582 valence electrons. The van der Waals surface area contributed by atoms with Crippen LogP contribution in [0.25, 0.3) is 0 Å².